The van der Waals surface area contributed by atoms with Crippen LogP contribution in [0.3, 0.4) is 0 Å². The minimum Gasteiger partial charge on any atom is -0.351 e. The summed E-state index contributed by atoms with van der Waals surface area (Å²) in [5, 5.41) is 3.06. The van der Waals surface area contributed by atoms with Crippen LogP contribution in [0.4, 0.5) is 0 Å². The fraction of sp³-hybridized carbons (Fsp3) is 0.529. The number of imidazole rings is 1. The molecule has 0 saturated heterocycles. The molecular formula is C17H24N4O3S. The fourth-order valence-electron chi connectivity index (χ4n) is 3.55. The van der Waals surface area contributed by atoms with Gasteiger partial charge in [-0.2, -0.15) is 0 Å². The van der Waals surface area contributed by atoms with Gasteiger partial charge in [0.1, 0.15) is 18.1 Å². The Morgan fingerprint density at radius 2 is 2.12 bits per heavy atom. The van der Waals surface area contributed by atoms with Crippen LogP contribution >= 0.6 is 0 Å². The molecule has 7 nitrogen and oxygen atoms in total. The molecule has 2 unspecified atom stereocenters. The molecule has 3 N–H and O–H groups in total. The van der Waals surface area contributed by atoms with Crippen molar-refractivity contribution >= 4 is 26.8 Å². The highest BCUT2D eigenvalue weighted by Gasteiger charge is 2.27. The standard InChI is InChI=1S/C17H24N4O3S/c1-25(23,24)11-16-19-14-6-2-3-8-15(14)21(16)10-17(22)20-13-7-4-5-12(13)9-18/h2-3,6,8,12-13H,4-5,7,9-11,18H2,1H3,(H,20,22). The minimum atomic E-state index is -3.25. The molecule has 0 radical (unpaired) electrons. The van der Waals surface area contributed by atoms with Crippen LogP contribution in [-0.2, 0) is 26.9 Å². The third-order valence-electron chi connectivity index (χ3n) is 4.73. The van der Waals surface area contributed by atoms with Crippen molar-refractivity contribution in [2.45, 2.75) is 37.6 Å². The van der Waals surface area contributed by atoms with Crippen LogP contribution in [0, 0.1) is 5.92 Å². The first-order valence-electron chi connectivity index (χ1n) is 8.48. The molecule has 8 heteroatoms. The van der Waals surface area contributed by atoms with Gasteiger partial charge in [0.05, 0.1) is 11.0 Å². The van der Waals surface area contributed by atoms with Gasteiger partial charge < -0.3 is 15.6 Å². The van der Waals surface area contributed by atoms with Gasteiger partial charge in [0.15, 0.2) is 9.84 Å². The van der Waals surface area contributed by atoms with Crippen LogP contribution in [0.2, 0.25) is 0 Å². The number of hydrogen-bond acceptors (Lipinski definition) is 5. The summed E-state index contributed by atoms with van der Waals surface area (Å²) in [5.41, 5.74) is 7.22. The minimum absolute atomic E-state index is 0.0547. The van der Waals surface area contributed by atoms with Crippen LogP contribution in [0.25, 0.3) is 11.0 Å². The number of nitrogens with zero attached hydrogens (tertiary/aromatic N) is 2. The third-order valence-corrected chi connectivity index (χ3v) is 5.52. The molecule has 0 aliphatic heterocycles. The Bertz CT molecular complexity index is 875. The lowest BCUT2D eigenvalue weighted by Crippen LogP contribution is -2.41. The van der Waals surface area contributed by atoms with Crippen LogP contribution < -0.4 is 11.1 Å². The summed E-state index contributed by atoms with van der Waals surface area (Å²) >= 11 is 0. The number of nitrogens with two attached hydrogens (primary N) is 1. The number of aromatic nitrogens is 2. The molecule has 1 heterocycles. The van der Waals surface area contributed by atoms with E-state index in [1.54, 1.807) is 4.57 Å². The van der Waals surface area contributed by atoms with Crippen LogP contribution in [0.1, 0.15) is 25.1 Å². The van der Waals surface area contributed by atoms with E-state index < -0.39 is 9.84 Å². The molecule has 25 heavy (non-hydrogen) atoms. The molecule has 136 valence electrons. The Morgan fingerprint density at radius 1 is 1.36 bits per heavy atom. The van der Waals surface area contributed by atoms with Crippen LogP contribution in [0.15, 0.2) is 24.3 Å². The van der Waals surface area contributed by atoms with E-state index in [1.807, 2.05) is 24.3 Å². The number of para-hydroxylation sites is 2. The molecule has 2 aromatic rings. The van der Waals surface area contributed by atoms with Crippen molar-refractivity contribution in [2.75, 3.05) is 12.8 Å². The Labute approximate surface area is 147 Å². The Hall–Kier alpha value is -1.93. The van der Waals surface area contributed by atoms with E-state index in [9.17, 15) is 13.2 Å². The SMILES string of the molecule is CS(=O)(=O)Cc1nc2ccccc2n1CC(=O)NC1CCCC1CN. The first kappa shape index (κ1) is 17.9. The van der Waals surface area contributed by atoms with Crippen molar-refractivity contribution in [3.8, 4) is 0 Å². The summed E-state index contributed by atoms with van der Waals surface area (Å²) in [4.78, 5) is 16.9. The summed E-state index contributed by atoms with van der Waals surface area (Å²) in [6.45, 7) is 0.622. The smallest absolute Gasteiger partial charge is 0.240 e. The fourth-order valence-corrected chi connectivity index (χ4v) is 4.24. The highest BCUT2D eigenvalue weighted by atomic mass is 32.2. The van der Waals surface area contributed by atoms with Crippen LogP contribution in [-0.4, -0.2) is 42.7 Å². The molecule has 1 fully saturated rings. The summed E-state index contributed by atoms with van der Waals surface area (Å²) in [6.07, 6.45) is 4.21. The Balaban J connectivity index is 1.84. The topological polar surface area (TPSA) is 107 Å². The number of hydrogen-bond donors (Lipinski definition) is 2. The number of amides is 1. The van der Waals surface area contributed by atoms with Crippen molar-refractivity contribution in [1.82, 2.24) is 14.9 Å². The van der Waals surface area contributed by atoms with Gasteiger partial charge >= 0.3 is 0 Å². The number of nitrogens with one attached hydrogen (secondary N) is 1. The van der Waals surface area contributed by atoms with E-state index in [2.05, 4.69) is 10.3 Å². The number of carbonyl (C=O) groups is 1. The molecule has 1 saturated carbocycles. The van der Waals surface area contributed by atoms with Gasteiger partial charge in [-0.25, -0.2) is 13.4 Å². The van der Waals surface area contributed by atoms with E-state index >= 15 is 0 Å². The molecule has 1 aromatic carbocycles. The van der Waals surface area contributed by atoms with Crippen LogP contribution in [0.5, 0.6) is 0 Å². The van der Waals surface area contributed by atoms with Gasteiger partial charge in [0.25, 0.3) is 0 Å². The second-order valence-corrected chi connectivity index (χ2v) is 8.91. The molecule has 0 bridgehead atoms. The van der Waals surface area contributed by atoms with Gasteiger partial charge in [-0.3, -0.25) is 4.79 Å². The quantitative estimate of drug-likeness (QED) is 0.789. The zero-order valence-electron chi connectivity index (χ0n) is 14.3. The average Bonchev–Trinajstić information content (AvgIpc) is 3.11. The van der Waals surface area contributed by atoms with E-state index in [-0.39, 0.29) is 24.2 Å². The summed E-state index contributed by atoms with van der Waals surface area (Å²) in [5.74, 6) is 0.381. The predicted molar refractivity (Wildman–Crippen MR) is 96.6 cm³/mol. The van der Waals surface area contributed by atoms with Crippen molar-refractivity contribution in [1.29, 1.82) is 0 Å². The van der Waals surface area contributed by atoms with Crippen molar-refractivity contribution in [3.63, 3.8) is 0 Å². The third kappa shape index (κ3) is 4.19. The summed E-state index contributed by atoms with van der Waals surface area (Å²) in [7, 11) is -3.25. The van der Waals surface area contributed by atoms with Gasteiger partial charge in [-0.05, 0) is 37.4 Å². The van der Waals surface area contributed by atoms with E-state index in [1.165, 1.54) is 6.26 Å². The largest absolute Gasteiger partial charge is 0.351 e. The molecular weight excluding hydrogens is 340 g/mol. The zero-order valence-corrected chi connectivity index (χ0v) is 15.1. The Morgan fingerprint density at radius 3 is 2.84 bits per heavy atom. The summed E-state index contributed by atoms with van der Waals surface area (Å²) < 4.78 is 25.1. The first-order valence-corrected chi connectivity index (χ1v) is 10.5. The average molecular weight is 364 g/mol. The summed E-state index contributed by atoms with van der Waals surface area (Å²) in [6, 6.07) is 7.46. The molecule has 0 spiro atoms. The van der Waals surface area contributed by atoms with Crippen molar-refractivity contribution in [3.05, 3.63) is 30.1 Å². The number of sulfone groups is 1. The maximum Gasteiger partial charge on any atom is 0.240 e. The number of carbonyl (C=O) groups excluding carboxylic acids is 1. The first-order chi connectivity index (χ1) is 11.9. The van der Waals surface area contributed by atoms with E-state index in [0.29, 0.717) is 23.8 Å². The molecule has 3 rings (SSSR count). The lowest BCUT2D eigenvalue weighted by molar-refractivity contribution is -0.122. The van der Waals surface area contributed by atoms with Crippen molar-refractivity contribution < 1.29 is 13.2 Å². The molecule has 1 aromatic heterocycles. The lowest BCUT2D eigenvalue weighted by atomic mass is 10.0. The zero-order chi connectivity index (χ0) is 18.0. The second-order valence-electron chi connectivity index (χ2n) is 6.77. The number of rotatable bonds is 6. The maximum absolute atomic E-state index is 12.5. The molecule has 1 aliphatic rings. The number of fused-ring (bicyclic) bond motifs is 1. The lowest BCUT2D eigenvalue weighted by Gasteiger charge is -2.20. The number of benzene rings is 1. The van der Waals surface area contributed by atoms with E-state index in [0.717, 1.165) is 24.8 Å². The van der Waals surface area contributed by atoms with Gasteiger partial charge in [0, 0.05) is 12.3 Å². The predicted octanol–water partition coefficient (Wildman–Crippen LogP) is 0.825. The Kier molecular flexibility index (Phi) is 5.10. The highest BCUT2D eigenvalue weighted by molar-refractivity contribution is 7.89. The molecule has 1 aliphatic carbocycles. The molecule has 2 atom stereocenters. The highest BCUT2D eigenvalue weighted by Crippen LogP contribution is 2.24. The normalized spacial score (nSPS) is 20.9. The maximum atomic E-state index is 12.5. The van der Waals surface area contributed by atoms with Gasteiger partial charge in [-0.1, -0.05) is 18.6 Å². The second kappa shape index (κ2) is 7.13. The molecule has 1 amide bonds. The van der Waals surface area contributed by atoms with Gasteiger partial charge in [0.2, 0.25) is 5.91 Å². The monoisotopic (exact) mass is 364 g/mol. The van der Waals surface area contributed by atoms with Crippen molar-refractivity contribution in [2.24, 2.45) is 11.7 Å². The van der Waals surface area contributed by atoms with E-state index in [4.69, 9.17) is 5.73 Å². The van der Waals surface area contributed by atoms with Gasteiger partial charge in [-0.15, -0.1) is 0 Å².